The number of primary amides is 1. The van der Waals surface area contributed by atoms with E-state index in [1.54, 1.807) is 12.1 Å². The van der Waals surface area contributed by atoms with Crippen LogP contribution in [0.15, 0.2) is 53.3 Å². The van der Waals surface area contributed by atoms with Crippen molar-refractivity contribution in [2.75, 3.05) is 0 Å². The van der Waals surface area contributed by atoms with Crippen molar-refractivity contribution in [2.45, 2.75) is 25.8 Å². The van der Waals surface area contributed by atoms with Crippen molar-refractivity contribution < 1.29 is 34.5 Å². The van der Waals surface area contributed by atoms with E-state index in [0.717, 1.165) is 0 Å². The van der Waals surface area contributed by atoms with E-state index in [1.807, 2.05) is 12.1 Å². The summed E-state index contributed by atoms with van der Waals surface area (Å²) in [6, 6.07) is 9.94. The van der Waals surface area contributed by atoms with Crippen LogP contribution in [0.3, 0.4) is 0 Å². The Kier molecular flexibility index (Phi) is 5.20. The molecule has 0 radical (unpaired) electrons. The predicted octanol–water partition coefficient (Wildman–Crippen LogP) is 1.94. The molecule has 3 unspecified atom stereocenters. The molecule has 3 atom stereocenters. The molecule has 3 aromatic rings. The van der Waals surface area contributed by atoms with E-state index < -0.39 is 52.3 Å². The van der Waals surface area contributed by atoms with Gasteiger partial charge < -0.3 is 21.1 Å². The Hall–Kier alpha value is -4.80. The first kappa shape index (κ1) is 23.6. The van der Waals surface area contributed by atoms with E-state index in [0.29, 0.717) is 16.6 Å². The van der Waals surface area contributed by atoms with Crippen LogP contribution in [0.4, 0.5) is 0 Å². The number of allylic oxidation sites excluding steroid dienone is 2. The summed E-state index contributed by atoms with van der Waals surface area (Å²) in [6.45, 7) is -0.133. The Balaban J connectivity index is 1.42. The smallest absolute Gasteiger partial charge is 0.255 e. The Labute approximate surface area is 214 Å². The van der Waals surface area contributed by atoms with Crippen molar-refractivity contribution in [3.63, 3.8) is 0 Å². The minimum Gasteiger partial charge on any atom is -0.511 e. The molecule has 5 N–H and O–H groups in total. The quantitative estimate of drug-likeness (QED) is 0.298. The number of carbonyl (C=O) groups is 4. The summed E-state index contributed by atoms with van der Waals surface area (Å²) in [7, 11) is 0. The van der Waals surface area contributed by atoms with E-state index in [9.17, 15) is 34.5 Å². The molecule has 1 heterocycles. The zero-order valence-electron chi connectivity index (χ0n) is 19.9. The lowest BCUT2D eigenvalue weighted by atomic mass is 9.61. The van der Waals surface area contributed by atoms with Crippen molar-refractivity contribution in [1.82, 2.24) is 15.0 Å². The molecule has 0 saturated heterocycles. The van der Waals surface area contributed by atoms with Gasteiger partial charge in [0.25, 0.3) is 5.91 Å². The fourth-order valence-electron chi connectivity index (χ4n) is 6.16. The number of Topliss-reactive ketones (excluding diaryl/α,β-unsaturated/α-hetero) is 3. The maximum atomic E-state index is 13.5. The molecule has 192 valence electrons. The van der Waals surface area contributed by atoms with E-state index in [1.165, 1.54) is 16.8 Å². The molecule has 0 spiro atoms. The topological polar surface area (TPSA) is 186 Å². The number of para-hydroxylation sites is 1. The highest BCUT2D eigenvalue weighted by atomic mass is 16.3. The number of aromatic nitrogens is 3. The van der Waals surface area contributed by atoms with Crippen LogP contribution in [0, 0.1) is 17.8 Å². The van der Waals surface area contributed by atoms with Gasteiger partial charge in [-0.05, 0) is 54.5 Å². The molecule has 1 fully saturated rings. The van der Waals surface area contributed by atoms with Gasteiger partial charge in [0.05, 0.1) is 17.0 Å². The molecule has 1 saturated carbocycles. The van der Waals surface area contributed by atoms with Crippen LogP contribution in [-0.2, 0) is 27.3 Å². The molecule has 1 amide bonds. The van der Waals surface area contributed by atoms with Crippen LogP contribution < -0.4 is 5.73 Å². The number of rotatable bonds is 4. The van der Waals surface area contributed by atoms with Crippen molar-refractivity contribution >= 4 is 40.0 Å². The molecular weight excluding hydrogens is 492 g/mol. The third-order valence-electron chi connectivity index (χ3n) is 7.79. The SMILES string of the molecule is NC(=O)C1=C(O)C2C(=O)C3=C(O)c4c(O)ccc(C(=O)Cn5nnc6ccccc65)c4CC3CC2CC1=O. The lowest BCUT2D eigenvalue weighted by Gasteiger charge is -2.41. The highest BCUT2D eigenvalue weighted by Crippen LogP contribution is 2.50. The third-order valence-corrected chi connectivity index (χ3v) is 7.79. The van der Waals surface area contributed by atoms with Gasteiger partial charge in [-0.15, -0.1) is 5.10 Å². The predicted molar refractivity (Wildman–Crippen MR) is 132 cm³/mol. The highest BCUT2D eigenvalue weighted by Gasteiger charge is 2.51. The number of nitrogens with zero attached hydrogens (tertiary/aromatic N) is 3. The van der Waals surface area contributed by atoms with Crippen molar-refractivity contribution in [3.8, 4) is 5.75 Å². The van der Waals surface area contributed by atoms with Gasteiger partial charge in [-0.2, -0.15) is 0 Å². The van der Waals surface area contributed by atoms with Crippen LogP contribution in [0.5, 0.6) is 5.75 Å². The zero-order valence-corrected chi connectivity index (χ0v) is 19.9. The molecule has 11 heteroatoms. The number of nitrogens with two attached hydrogens (primary N) is 1. The lowest BCUT2D eigenvalue weighted by Crippen LogP contribution is -2.44. The molecule has 3 aliphatic rings. The van der Waals surface area contributed by atoms with E-state index in [4.69, 9.17) is 5.73 Å². The van der Waals surface area contributed by atoms with Gasteiger partial charge in [-0.1, -0.05) is 17.3 Å². The Morgan fingerprint density at radius 2 is 1.82 bits per heavy atom. The summed E-state index contributed by atoms with van der Waals surface area (Å²) in [6.07, 6.45) is 0.244. The van der Waals surface area contributed by atoms with Gasteiger partial charge in [0, 0.05) is 17.6 Å². The minimum atomic E-state index is -1.20. The number of benzene rings is 2. The second-order valence-electron chi connectivity index (χ2n) is 9.90. The summed E-state index contributed by atoms with van der Waals surface area (Å²) in [5, 5.41) is 40.6. The van der Waals surface area contributed by atoms with Crippen LogP contribution in [0.1, 0.15) is 34.3 Å². The number of aliphatic hydroxyl groups excluding tert-OH is 2. The summed E-state index contributed by atoms with van der Waals surface area (Å²) < 4.78 is 1.47. The molecule has 1 aromatic heterocycles. The van der Waals surface area contributed by atoms with Crippen molar-refractivity contribution in [1.29, 1.82) is 0 Å². The van der Waals surface area contributed by atoms with Gasteiger partial charge in [0.15, 0.2) is 17.3 Å². The molecule has 0 bridgehead atoms. The number of phenols is 1. The largest absolute Gasteiger partial charge is 0.511 e. The first-order chi connectivity index (χ1) is 18.2. The van der Waals surface area contributed by atoms with Crippen molar-refractivity contribution in [3.05, 3.63) is 70.0 Å². The summed E-state index contributed by atoms with van der Waals surface area (Å²) in [5.74, 6) is -6.54. The molecule has 0 aliphatic heterocycles. The monoisotopic (exact) mass is 514 g/mol. The zero-order chi connectivity index (χ0) is 26.9. The van der Waals surface area contributed by atoms with E-state index in [-0.39, 0.29) is 54.0 Å². The first-order valence-corrected chi connectivity index (χ1v) is 12.1. The van der Waals surface area contributed by atoms with E-state index >= 15 is 0 Å². The normalized spacial score (nSPS) is 22.8. The summed E-state index contributed by atoms with van der Waals surface area (Å²) in [5.41, 5.74) is 6.58. The average molecular weight is 514 g/mol. The fourth-order valence-corrected chi connectivity index (χ4v) is 6.16. The number of aromatic hydroxyl groups is 1. The third kappa shape index (κ3) is 3.35. The van der Waals surface area contributed by atoms with Gasteiger partial charge in [-0.25, -0.2) is 4.68 Å². The standard InChI is InChI=1S/C27H22N4O7/c28-27(38)23-18(33)9-12-7-11-8-14-13(19(34)10-31-16-4-2-1-3-15(16)29-30-31)5-6-17(32)22(14)25(36)20(11)24(35)21(12)26(23)37/h1-6,11-12,21,32,36-37H,7-10H2,(H2,28,38). The second-order valence-corrected chi connectivity index (χ2v) is 9.90. The maximum Gasteiger partial charge on any atom is 0.255 e. The van der Waals surface area contributed by atoms with Crippen LogP contribution >= 0.6 is 0 Å². The number of hydrogen-bond acceptors (Lipinski definition) is 9. The van der Waals surface area contributed by atoms with Gasteiger partial charge >= 0.3 is 0 Å². The number of aliphatic hydroxyl groups is 2. The van der Waals surface area contributed by atoms with E-state index in [2.05, 4.69) is 10.3 Å². The lowest BCUT2D eigenvalue weighted by molar-refractivity contribution is -0.127. The van der Waals surface area contributed by atoms with Gasteiger partial charge in [0.1, 0.15) is 34.9 Å². The molecular formula is C27H22N4O7. The van der Waals surface area contributed by atoms with Crippen LogP contribution in [0.25, 0.3) is 16.8 Å². The maximum absolute atomic E-state index is 13.5. The Bertz CT molecular complexity index is 1660. The number of fused-ring (bicyclic) bond motifs is 4. The molecule has 2 aromatic carbocycles. The summed E-state index contributed by atoms with van der Waals surface area (Å²) in [4.78, 5) is 51.2. The molecule has 38 heavy (non-hydrogen) atoms. The molecule has 6 rings (SSSR count). The van der Waals surface area contributed by atoms with Crippen LogP contribution in [0.2, 0.25) is 0 Å². The van der Waals surface area contributed by atoms with Crippen LogP contribution in [-0.4, -0.2) is 53.6 Å². The molecule has 11 nitrogen and oxygen atoms in total. The Morgan fingerprint density at radius 3 is 2.58 bits per heavy atom. The average Bonchev–Trinajstić information content (AvgIpc) is 3.26. The Morgan fingerprint density at radius 1 is 1.05 bits per heavy atom. The minimum absolute atomic E-state index is 0.00867. The number of phenolic OH excluding ortho intramolecular Hbond substituents is 1. The van der Waals surface area contributed by atoms with Gasteiger partial charge in [-0.3, -0.25) is 19.2 Å². The molecule has 3 aliphatic carbocycles. The fraction of sp³-hybridized carbons (Fsp3) is 0.259. The number of carbonyl (C=O) groups excluding carboxylic acids is 4. The highest BCUT2D eigenvalue weighted by molar-refractivity contribution is 6.21. The number of amides is 1. The number of hydrogen-bond donors (Lipinski definition) is 4. The summed E-state index contributed by atoms with van der Waals surface area (Å²) >= 11 is 0. The second kappa shape index (κ2) is 8.37. The first-order valence-electron chi connectivity index (χ1n) is 12.1. The number of ketones is 3. The van der Waals surface area contributed by atoms with Crippen molar-refractivity contribution in [2.24, 2.45) is 23.5 Å². The van der Waals surface area contributed by atoms with Gasteiger partial charge in [0.2, 0.25) is 0 Å².